The molecule has 0 radical (unpaired) electrons. The predicted molar refractivity (Wildman–Crippen MR) is 88.1 cm³/mol. The van der Waals surface area contributed by atoms with Gasteiger partial charge in [0.25, 0.3) is 11.6 Å². The van der Waals surface area contributed by atoms with Crippen molar-refractivity contribution in [1.29, 1.82) is 0 Å². The van der Waals surface area contributed by atoms with Gasteiger partial charge in [-0.15, -0.1) is 0 Å². The van der Waals surface area contributed by atoms with E-state index < -0.39 is 4.92 Å². The molecule has 122 valence electrons. The van der Waals surface area contributed by atoms with Gasteiger partial charge in [0.2, 0.25) is 5.82 Å². The Kier molecular flexibility index (Phi) is 4.18. The summed E-state index contributed by atoms with van der Waals surface area (Å²) in [6.07, 6.45) is 0. The largest absolute Gasteiger partial charge is 0.496 e. The summed E-state index contributed by atoms with van der Waals surface area (Å²) in [5.41, 5.74) is 1.74. The maximum absolute atomic E-state index is 10.9. The Morgan fingerprint density at radius 1 is 1.25 bits per heavy atom. The van der Waals surface area contributed by atoms with Crippen LogP contribution >= 0.6 is 11.6 Å². The maximum atomic E-state index is 10.9. The summed E-state index contributed by atoms with van der Waals surface area (Å²) >= 11 is 6.01. The maximum Gasteiger partial charge on any atom is 0.272 e. The second kappa shape index (κ2) is 6.29. The Morgan fingerprint density at radius 2 is 2.04 bits per heavy atom. The molecule has 0 N–H and O–H groups in total. The number of nitro benzene ring substituents is 1. The smallest absolute Gasteiger partial charge is 0.272 e. The molecule has 0 aliphatic carbocycles. The fraction of sp³-hybridized carbons (Fsp3) is 0.125. The number of benzene rings is 2. The lowest BCUT2D eigenvalue weighted by atomic mass is 10.1. The van der Waals surface area contributed by atoms with Gasteiger partial charge in [-0.1, -0.05) is 16.8 Å². The summed E-state index contributed by atoms with van der Waals surface area (Å²) in [7, 11) is 1.54. The first kappa shape index (κ1) is 15.9. The van der Waals surface area contributed by atoms with Gasteiger partial charge in [-0.3, -0.25) is 10.1 Å². The molecule has 0 aliphatic heterocycles. The number of hydrogen-bond donors (Lipinski definition) is 0. The van der Waals surface area contributed by atoms with E-state index in [0.29, 0.717) is 33.3 Å². The van der Waals surface area contributed by atoms with Gasteiger partial charge in [0.1, 0.15) is 5.75 Å². The van der Waals surface area contributed by atoms with E-state index in [1.165, 1.54) is 13.2 Å². The van der Waals surface area contributed by atoms with E-state index in [4.69, 9.17) is 20.9 Å². The van der Waals surface area contributed by atoms with Crippen LogP contribution in [-0.2, 0) is 0 Å². The molecule has 0 fully saturated rings. The Hall–Kier alpha value is -2.93. The molecule has 24 heavy (non-hydrogen) atoms. The summed E-state index contributed by atoms with van der Waals surface area (Å²) < 4.78 is 10.5. The van der Waals surface area contributed by atoms with Gasteiger partial charge >= 0.3 is 0 Å². The van der Waals surface area contributed by atoms with Gasteiger partial charge in [-0.25, -0.2) is 0 Å². The van der Waals surface area contributed by atoms with Crippen molar-refractivity contribution in [3.63, 3.8) is 0 Å². The molecule has 7 nitrogen and oxygen atoms in total. The van der Waals surface area contributed by atoms with Crippen LogP contribution in [0.4, 0.5) is 5.69 Å². The minimum absolute atomic E-state index is 0.0370. The lowest BCUT2D eigenvalue weighted by Crippen LogP contribution is -1.92. The van der Waals surface area contributed by atoms with Crippen molar-refractivity contribution in [1.82, 2.24) is 10.1 Å². The molecule has 0 aliphatic rings. The second-order valence-electron chi connectivity index (χ2n) is 5.03. The number of hydrogen-bond acceptors (Lipinski definition) is 6. The van der Waals surface area contributed by atoms with Crippen molar-refractivity contribution in [3.05, 3.63) is 57.1 Å². The number of aryl methyl sites for hydroxylation is 1. The molecule has 8 heteroatoms. The van der Waals surface area contributed by atoms with Crippen LogP contribution in [0, 0.1) is 17.0 Å². The molecular weight excluding hydrogens is 334 g/mol. The van der Waals surface area contributed by atoms with Gasteiger partial charge < -0.3 is 9.26 Å². The van der Waals surface area contributed by atoms with Crippen LogP contribution in [0.3, 0.4) is 0 Å². The van der Waals surface area contributed by atoms with Crippen molar-refractivity contribution in [2.45, 2.75) is 6.92 Å². The molecule has 0 saturated heterocycles. The average molecular weight is 346 g/mol. The molecule has 0 amide bonds. The molecule has 2 aromatic carbocycles. The van der Waals surface area contributed by atoms with Crippen LogP contribution in [0.1, 0.15) is 5.56 Å². The van der Waals surface area contributed by atoms with Gasteiger partial charge in [0.15, 0.2) is 0 Å². The van der Waals surface area contributed by atoms with Crippen LogP contribution in [0.25, 0.3) is 22.8 Å². The SMILES string of the molecule is COc1ccc(Cl)cc1-c1noc(-c2ccc([N+](=O)[O-])c(C)c2)n1. The van der Waals surface area contributed by atoms with Gasteiger partial charge in [-0.2, -0.15) is 4.98 Å². The highest BCUT2D eigenvalue weighted by Crippen LogP contribution is 2.32. The molecule has 3 rings (SSSR count). The van der Waals surface area contributed by atoms with Crippen molar-refractivity contribution < 1.29 is 14.2 Å². The van der Waals surface area contributed by atoms with E-state index in [2.05, 4.69) is 10.1 Å². The van der Waals surface area contributed by atoms with Crippen molar-refractivity contribution in [3.8, 4) is 28.6 Å². The molecule has 0 bridgehead atoms. The van der Waals surface area contributed by atoms with Crippen LogP contribution < -0.4 is 4.74 Å². The zero-order valence-electron chi connectivity index (χ0n) is 12.8. The Morgan fingerprint density at radius 3 is 2.71 bits per heavy atom. The van der Waals surface area contributed by atoms with Crippen LogP contribution in [-0.4, -0.2) is 22.2 Å². The van der Waals surface area contributed by atoms with Gasteiger partial charge in [0.05, 0.1) is 17.6 Å². The highest BCUT2D eigenvalue weighted by Gasteiger charge is 2.17. The topological polar surface area (TPSA) is 91.3 Å². The average Bonchev–Trinajstić information content (AvgIpc) is 3.04. The van der Waals surface area contributed by atoms with E-state index in [1.807, 2.05) is 0 Å². The fourth-order valence-electron chi connectivity index (χ4n) is 2.30. The fourth-order valence-corrected chi connectivity index (χ4v) is 2.47. The quantitative estimate of drug-likeness (QED) is 0.517. The summed E-state index contributed by atoms with van der Waals surface area (Å²) in [6.45, 7) is 1.65. The Balaban J connectivity index is 2.01. The molecule has 3 aromatic rings. The number of halogens is 1. The molecule has 0 atom stereocenters. The van der Waals surface area contributed by atoms with Crippen LogP contribution in [0.15, 0.2) is 40.9 Å². The number of nitrogens with zero attached hydrogens (tertiary/aromatic N) is 3. The lowest BCUT2D eigenvalue weighted by Gasteiger charge is -2.04. The van der Waals surface area contributed by atoms with Gasteiger partial charge in [0, 0.05) is 22.2 Å². The Labute approximate surface area is 142 Å². The molecule has 0 unspecified atom stereocenters. The molecule has 1 heterocycles. The van der Waals surface area contributed by atoms with E-state index in [-0.39, 0.29) is 11.6 Å². The number of aromatic nitrogens is 2. The first-order valence-electron chi connectivity index (χ1n) is 6.92. The monoisotopic (exact) mass is 345 g/mol. The van der Waals surface area contributed by atoms with E-state index in [0.717, 1.165) is 0 Å². The number of nitro groups is 1. The van der Waals surface area contributed by atoms with Crippen LogP contribution in [0.2, 0.25) is 5.02 Å². The van der Waals surface area contributed by atoms with Crippen molar-refractivity contribution in [2.24, 2.45) is 0 Å². The zero-order chi connectivity index (χ0) is 17.3. The van der Waals surface area contributed by atoms with E-state index >= 15 is 0 Å². The lowest BCUT2D eigenvalue weighted by molar-refractivity contribution is -0.385. The normalized spacial score (nSPS) is 10.6. The summed E-state index contributed by atoms with van der Waals surface area (Å²) in [6, 6.07) is 9.70. The highest BCUT2D eigenvalue weighted by molar-refractivity contribution is 6.30. The van der Waals surface area contributed by atoms with Gasteiger partial charge in [-0.05, 0) is 37.3 Å². The van der Waals surface area contributed by atoms with Crippen LogP contribution in [0.5, 0.6) is 5.75 Å². The third-order valence-corrected chi connectivity index (χ3v) is 3.70. The second-order valence-corrected chi connectivity index (χ2v) is 5.46. The third-order valence-electron chi connectivity index (χ3n) is 3.47. The standard InChI is InChI=1S/C16H12ClN3O4/c1-9-7-10(3-5-13(9)20(21)22)16-18-15(19-24-16)12-8-11(17)4-6-14(12)23-2/h3-8H,1-2H3. The molecule has 0 spiro atoms. The number of rotatable bonds is 4. The summed E-state index contributed by atoms with van der Waals surface area (Å²) in [5, 5.41) is 15.3. The number of methoxy groups -OCH3 is 1. The minimum Gasteiger partial charge on any atom is -0.496 e. The number of ether oxygens (including phenoxy) is 1. The molecule has 0 saturated carbocycles. The van der Waals surface area contributed by atoms with Crippen molar-refractivity contribution >= 4 is 17.3 Å². The first-order chi connectivity index (χ1) is 11.5. The molecule has 1 aromatic heterocycles. The Bertz CT molecular complexity index is 923. The summed E-state index contributed by atoms with van der Waals surface area (Å²) in [4.78, 5) is 14.8. The predicted octanol–water partition coefficient (Wildman–Crippen LogP) is 4.28. The third kappa shape index (κ3) is 2.93. The molecular formula is C16H12ClN3O4. The van der Waals surface area contributed by atoms with E-state index in [9.17, 15) is 10.1 Å². The highest BCUT2D eigenvalue weighted by atomic mass is 35.5. The zero-order valence-corrected chi connectivity index (χ0v) is 13.6. The minimum atomic E-state index is -0.435. The van der Waals surface area contributed by atoms with E-state index in [1.54, 1.807) is 37.3 Å². The first-order valence-corrected chi connectivity index (χ1v) is 7.30. The summed E-state index contributed by atoms with van der Waals surface area (Å²) in [5.74, 6) is 1.14. The van der Waals surface area contributed by atoms with Crippen molar-refractivity contribution in [2.75, 3.05) is 7.11 Å².